The van der Waals surface area contributed by atoms with E-state index in [-0.39, 0.29) is 19.0 Å². The highest BCUT2D eigenvalue weighted by Crippen LogP contribution is 2.25. The third-order valence-corrected chi connectivity index (χ3v) is 3.38. The second-order valence-corrected chi connectivity index (χ2v) is 5.36. The van der Waals surface area contributed by atoms with Gasteiger partial charge in [0.15, 0.2) is 0 Å². The van der Waals surface area contributed by atoms with Gasteiger partial charge in [0.2, 0.25) is 0 Å². The Bertz CT molecular complexity index is 799. The summed E-state index contributed by atoms with van der Waals surface area (Å²) in [6.07, 6.45) is -4.23. The molecule has 7 nitrogen and oxygen atoms in total. The number of anilines is 1. The summed E-state index contributed by atoms with van der Waals surface area (Å²) < 4.78 is 44.7. The number of rotatable bonds is 7. The van der Waals surface area contributed by atoms with E-state index in [1.807, 2.05) is 33.9 Å². The third kappa shape index (κ3) is 10.8. The number of carbonyl (C=O) groups is 3. The number of allylic oxidation sites excluding steroid dienone is 1. The molecule has 172 valence electrons. The molecule has 0 aliphatic carbocycles. The van der Waals surface area contributed by atoms with Crippen LogP contribution in [0.3, 0.4) is 0 Å². The quantitative estimate of drug-likeness (QED) is 0.293. The number of halogens is 3. The van der Waals surface area contributed by atoms with Gasteiger partial charge >= 0.3 is 12.1 Å². The van der Waals surface area contributed by atoms with E-state index in [4.69, 9.17) is 10.00 Å². The fraction of sp³-hybridized carbons (Fsp3) is 0.429. The largest absolute Gasteiger partial charge is 0.495 e. The van der Waals surface area contributed by atoms with Gasteiger partial charge in [-0.1, -0.05) is 19.9 Å². The first-order chi connectivity index (χ1) is 14.5. The van der Waals surface area contributed by atoms with E-state index < -0.39 is 23.8 Å². The number of benzene rings is 1. The van der Waals surface area contributed by atoms with Gasteiger partial charge < -0.3 is 19.6 Å². The number of nitrogens with zero attached hydrogens (tertiary/aromatic N) is 1. The Kier molecular flexibility index (Phi) is 14.9. The molecule has 1 rings (SSSR count). The normalized spacial score (nSPS) is 11.0. The molecule has 1 atom stereocenters. The van der Waals surface area contributed by atoms with Crippen molar-refractivity contribution in [3.63, 3.8) is 0 Å². The zero-order valence-corrected chi connectivity index (χ0v) is 18.3. The third-order valence-electron chi connectivity index (χ3n) is 3.38. The molecule has 0 amide bonds. The summed E-state index contributed by atoms with van der Waals surface area (Å²) in [7, 11) is 3.39. The maximum atomic E-state index is 11.7. The maximum Gasteiger partial charge on any atom is 0.454 e. The van der Waals surface area contributed by atoms with E-state index in [2.05, 4.69) is 16.1 Å². The van der Waals surface area contributed by atoms with Crippen molar-refractivity contribution in [2.24, 2.45) is 5.92 Å². The van der Waals surface area contributed by atoms with Crippen molar-refractivity contribution in [3.05, 3.63) is 35.4 Å². The predicted octanol–water partition coefficient (Wildman–Crippen LogP) is 4.00. The Morgan fingerprint density at radius 2 is 1.87 bits per heavy atom. The number of nitrogens with one attached hydrogen (secondary N) is 1. The lowest BCUT2D eigenvalue weighted by Gasteiger charge is -2.08. The summed E-state index contributed by atoms with van der Waals surface area (Å²) in [5, 5.41) is 11.8. The summed E-state index contributed by atoms with van der Waals surface area (Å²) in [6.45, 7) is 7.43. The number of esters is 1. The molecule has 1 N–H and O–H groups in total. The summed E-state index contributed by atoms with van der Waals surface area (Å²) in [5.74, 6) is -4.00. The number of hydrogen-bond acceptors (Lipinski definition) is 7. The Morgan fingerprint density at radius 1 is 1.29 bits per heavy atom. The summed E-state index contributed by atoms with van der Waals surface area (Å²) in [5.41, 5.74) is 2.58. The predicted molar refractivity (Wildman–Crippen MR) is 110 cm³/mol. The van der Waals surface area contributed by atoms with Crippen LogP contribution in [0, 0.1) is 24.2 Å². The van der Waals surface area contributed by atoms with Crippen LogP contribution in [0.5, 0.6) is 5.75 Å². The summed E-state index contributed by atoms with van der Waals surface area (Å²) in [4.78, 5) is 31.7. The molecular weight excluding hydrogens is 417 g/mol. The van der Waals surface area contributed by atoms with Crippen molar-refractivity contribution >= 4 is 23.7 Å². The molecule has 0 radical (unpaired) electrons. The van der Waals surface area contributed by atoms with Gasteiger partial charge in [-0.3, -0.25) is 9.59 Å². The first kappa shape index (κ1) is 29.8. The minimum atomic E-state index is -5.02. The van der Waals surface area contributed by atoms with E-state index in [0.29, 0.717) is 17.4 Å². The Morgan fingerprint density at radius 3 is 2.26 bits per heavy atom. The second-order valence-electron chi connectivity index (χ2n) is 5.36. The lowest BCUT2D eigenvalue weighted by molar-refractivity contribution is -0.165. The molecule has 10 heteroatoms. The first-order valence-corrected chi connectivity index (χ1v) is 9.23. The molecule has 0 aromatic heterocycles. The van der Waals surface area contributed by atoms with Gasteiger partial charge in [0.25, 0.3) is 5.78 Å². The molecule has 0 aliphatic heterocycles. The van der Waals surface area contributed by atoms with E-state index in [1.54, 1.807) is 13.2 Å². The molecule has 31 heavy (non-hydrogen) atoms. The zero-order chi connectivity index (χ0) is 24.6. The second kappa shape index (κ2) is 15.5. The molecule has 0 spiro atoms. The zero-order valence-electron chi connectivity index (χ0n) is 18.3. The molecular formula is C21H27F3N2O5. The van der Waals surface area contributed by atoms with Crippen molar-refractivity contribution in [1.82, 2.24) is 0 Å². The van der Waals surface area contributed by atoms with Crippen LogP contribution in [0.1, 0.15) is 31.9 Å². The van der Waals surface area contributed by atoms with Gasteiger partial charge in [0.1, 0.15) is 24.0 Å². The van der Waals surface area contributed by atoms with Crippen molar-refractivity contribution in [1.29, 1.82) is 5.26 Å². The highest BCUT2D eigenvalue weighted by atomic mass is 19.4. The molecule has 0 heterocycles. The number of alkyl halides is 3. The SMILES string of the molecule is CC.CCOC(=O)C(C=O)/C=C/C(=O)C(F)(F)F.CNc1cc(C#N)c(OC)cc1C. The van der Waals surface area contributed by atoms with Crippen molar-refractivity contribution in [3.8, 4) is 11.8 Å². The van der Waals surface area contributed by atoms with Gasteiger partial charge in [-0.2, -0.15) is 18.4 Å². The van der Waals surface area contributed by atoms with Gasteiger partial charge in [-0.25, -0.2) is 0 Å². The fourth-order valence-electron chi connectivity index (χ4n) is 1.91. The van der Waals surface area contributed by atoms with Gasteiger partial charge in [-0.05, 0) is 37.6 Å². The molecule has 1 aromatic carbocycles. The van der Waals surface area contributed by atoms with Crippen molar-refractivity contribution < 1.29 is 37.0 Å². The average molecular weight is 444 g/mol. The highest BCUT2D eigenvalue weighted by Gasteiger charge is 2.36. The first-order valence-electron chi connectivity index (χ1n) is 9.23. The van der Waals surface area contributed by atoms with Crippen LogP contribution in [0.4, 0.5) is 18.9 Å². The van der Waals surface area contributed by atoms with E-state index in [9.17, 15) is 27.6 Å². The van der Waals surface area contributed by atoms with E-state index >= 15 is 0 Å². The highest BCUT2D eigenvalue weighted by molar-refractivity contribution is 5.97. The van der Waals surface area contributed by atoms with E-state index in [1.165, 1.54) is 6.92 Å². The molecule has 1 aromatic rings. The van der Waals surface area contributed by atoms with E-state index in [0.717, 1.165) is 11.3 Å². The number of aldehydes is 1. The molecule has 0 saturated heterocycles. The maximum absolute atomic E-state index is 11.7. The van der Waals surface area contributed by atoms with Gasteiger partial charge in [-0.15, -0.1) is 0 Å². The number of hydrogen-bond donors (Lipinski definition) is 1. The summed E-state index contributed by atoms with van der Waals surface area (Å²) >= 11 is 0. The van der Waals surface area contributed by atoms with Crippen molar-refractivity contribution in [2.45, 2.75) is 33.9 Å². The number of ether oxygens (including phenoxy) is 2. The average Bonchev–Trinajstić information content (AvgIpc) is 2.75. The number of ketones is 1. The van der Waals surface area contributed by atoms with Crippen LogP contribution in [0.15, 0.2) is 24.3 Å². The monoisotopic (exact) mass is 444 g/mol. The molecule has 1 unspecified atom stereocenters. The number of aryl methyl sites for hydroxylation is 1. The molecule has 0 fully saturated rings. The smallest absolute Gasteiger partial charge is 0.454 e. The number of nitriles is 1. The Hall–Kier alpha value is -3.35. The lowest BCUT2D eigenvalue weighted by atomic mass is 10.1. The molecule has 0 saturated carbocycles. The van der Waals surface area contributed by atoms with Gasteiger partial charge in [0, 0.05) is 12.7 Å². The van der Waals surface area contributed by atoms with Gasteiger partial charge in [0.05, 0.1) is 19.3 Å². The molecule has 0 aliphatic rings. The summed E-state index contributed by atoms with van der Waals surface area (Å²) in [6, 6.07) is 5.72. The standard InChI is InChI=1S/C10H12N2O.C9H9F3O4.C2H6/c1-7-4-10(13-3)8(6-11)5-9(7)12-2;1-2-16-8(15)6(5-13)3-4-7(14)9(10,11)12;1-2/h4-5,12H,1-3H3;3-6H,2H2,1H3;1-2H3/b;4-3+;. The van der Waals surface area contributed by atoms with Crippen LogP contribution >= 0.6 is 0 Å². The topological polar surface area (TPSA) is 105 Å². The van der Waals surface area contributed by atoms with Crippen molar-refractivity contribution in [2.75, 3.05) is 26.1 Å². The minimum absolute atomic E-state index is 0.00969. The number of carbonyl (C=O) groups excluding carboxylic acids is 3. The lowest BCUT2D eigenvalue weighted by Crippen LogP contribution is -2.22. The van der Waals surface area contributed by atoms with Crippen LogP contribution in [-0.2, 0) is 19.1 Å². The number of methoxy groups -OCH3 is 1. The van der Waals surface area contributed by atoms with Crippen LogP contribution < -0.4 is 10.1 Å². The van der Waals surface area contributed by atoms with Crippen LogP contribution in [0.2, 0.25) is 0 Å². The fourth-order valence-corrected chi connectivity index (χ4v) is 1.91. The Labute approximate surface area is 179 Å². The molecule has 0 bridgehead atoms. The Balaban J connectivity index is 0. The minimum Gasteiger partial charge on any atom is -0.495 e. The van der Waals surface area contributed by atoms with Crippen LogP contribution in [-0.4, -0.2) is 45.0 Å². The van der Waals surface area contributed by atoms with Crippen LogP contribution in [0.25, 0.3) is 0 Å².